The number of nitrogens with zero attached hydrogens (tertiary/aromatic N) is 6. The van der Waals surface area contributed by atoms with Gasteiger partial charge in [-0.15, -0.1) is 10.2 Å². The molecule has 1 N–H and O–H groups in total. The highest BCUT2D eigenvalue weighted by molar-refractivity contribution is 7.99. The molecule has 37 heavy (non-hydrogen) atoms. The number of morpholine rings is 1. The number of hydrogen-bond donors (Lipinski definition) is 1. The quantitative estimate of drug-likeness (QED) is 0.255. The van der Waals surface area contributed by atoms with Gasteiger partial charge in [-0.25, -0.2) is 0 Å². The van der Waals surface area contributed by atoms with E-state index in [0.717, 1.165) is 13.1 Å². The molecule has 11 nitrogen and oxygen atoms in total. The number of non-ortho nitro benzene ring substituents is 1. The molecule has 0 radical (unpaired) electrons. The van der Waals surface area contributed by atoms with Gasteiger partial charge in [-0.05, 0) is 18.6 Å². The summed E-state index contributed by atoms with van der Waals surface area (Å²) in [5.41, 5.74) is 2.04. The maximum Gasteiger partial charge on any atom is 0.303 e. The molecule has 5 rings (SSSR count). The third-order valence-electron chi connectivity index (χ3n) is 6.17. The second kappa shape index (κ2) is 11.0. The van der Waals surface area contributed by atoms with Crippen molar-refractivity contribution in [2.75, 3.05) is 32.2 Å². The van der Waals surface area contributed by atoms with Gasteiger partial charge in [-0.1, -0.05) is 41.6 Å². The van der Waals surface area contributed by atoms with Gasteiger partial charge in [0.15, 0.2) is 11.0 Å². The normalized spacial score (nSPS) is 17.4. The van der Waals surface area contributed by atoms with Crippen LogP contribution in [0.1, 0.15) is 35.8 Å². The molecule has 13 heteroatoms. The van der Waals surface area contributed by atoms with Crippen molar-refractivity contribution in [3.63, 3.8) is 0 Å². The number of carbonyl (C=O) groups is 1. The summed E-state index contributed by atoms with van der Waals surface area (Å²) >= 11 is 8.03. The molecule has 3 aromatic rings. The van der Waals surface area contributed by atoms with Gasteiger partial charge < -0.3 is 9.84 Å². The van der Waals surface area contributed by atoms with Crippen molar-refractivity contribution in [2.45, 2.75) is 24.0 Å². The number of ether oxygens (including phenoxy) is 1. The van der Waals surface area contributed by atoms with Gasteiger partial charge in [-0.3, -0.25) is 29.4 Å². The van der Waals surface area contributed by atoms with Gasteiger partial charge >= 0.3 is 5.97 Å². The van der Waals surface area contributed by atoms with Crippen LogP contribution < -0.4 is 0 Å². The van der Waals surface area contributed by atoms with E-state index in [4.69, 9.17) is 21.3 Å². The molecule has 0 unspecified atom stereocenters. The lowest BCUT2D eigenvalue weighted by Gasteiger charge is -2.25. The van der Waals surface area contributed by atoms with Gasteiger partial charge in [0.1, 0.15) is 6.04 Å². The SMILES string of the molecule is O=C(O)CC[C@@H]1N=C(c2ccccc2Cl)c2cc([N+](=O)[O-])ccc2-n2c(SCN3CCOCC3)nnc21. The van der Waals surface area contributed by atoms with Crippen LogP contribution in [0.3, 0.4) is 0 Å². The van der Waals surface area contributed by atoms with Crippen LogP contribution in [0.5, 0.6) is 0 Å². The molecule has 2 aliphatic heterocycles. The fourth-order valence-electron chi connectivity index (χ4n) is 4.32. The highest BCUT2D eigenvalue weighted by Gasteiger charge is 2.31. The Hall–Kier alpha value is -3.32. The number of carboxylic acid groups (broad SMARTS) is 1. The zero-order chi connectivity index (χ0) is 25.9. The third-order valence-corrected chi connectivity index (χ3v) is 7.52. The van der Waals surface area contributed by atoms with Crippen molar-refractivity contribution in [3.05, 3.63) is 74.6 Å². The number of halogens is 1. The lowest BCUT2D eigenvalue weighted by Crippen LogP contribution is -2.35. The molecular formula is C24H23ClN6O5S. The molecular weight excluding hydrogens is 520 g/mol. The largest absolute Gasteiger partial charge is 0.481 e. The van der Waals surface area contributed by atoms with E-state index >= 15 is 0 Å². The second-order valence-electron chi connectivity index (χ2n) is 8.54. The van der Waals surface area contributed by atoms with Crippen molar-refractivity contribution in [1.29, 1.82) is 0 Å². The monoisotopic (exact) mass is 542 g/mol. The Morgan fingerprint density at radius 3 is 2.70 bits per heavy atom. The summed E-state index contributed by atoms with van der Waals surface area (Å²) in [6.07, 6.45) is 0.0369. The van der Waals surface area contributed by atoms with Crippen molar-refractivity contribution in [2.24, 2.45) is 4.99 Å². The molecule has 1 aromatic heterocycles. The van der Waals surface area contributed by atoms with E-state index in [1.54, 1.807) is 24.3 Å². The molecule has 3 heterocycles. The Morgan fingerprint density at radius 1 is 1.19 bits per heavy atom. The molecule has 2 aromatic carbocycles. The molecule has 1 saturated heterocycles. The average molecular weight is 543 g/mol. The molecule has 0 saturated carbocycles. The number of aromatic nitrogens is 3. The number of aliphatic carboxylic acids is 1. The van der Waals surface area contributed by atoms with Crippen LogP contribution in [-0.4, -0.2) is 73.6 Å². The van der Waals surface area contributed by atoms with E-state index in [0.29, 0.717) is 57.6 Å². The number of aliphatic imine (C=N–C) groups is 1. The molecule has 1 fully saturated rings. The van der Waals surface area contributed by atoms with Gasteiger partial charge in [0.2, 0.25) is 0 Å². The molecule has 1 atom stereocenters. The smallest absolute Gasteiger partial charge is 0.303 e. The Labute approximate surface area is 221 Å². The van der Waals surface area contributed by atoms with E-state index in [1.165, 1.54) is 23.9 Å². The maximum atomic E-state index is 11.7. The van der Waals surface area contributed by atoms with Gasteiger partial charge in [0.05, 0.1) is 35.4 Å². The number of rotatable bonds is 8. The summed E-state index contributed by atoms with van der Waals surface area (Å²) in [7, 11) is 0. The first-order valence-electron chi connectivity index (χ1n) is 11.6. The summed E-state index contributed by atoms with van der Waals surface area (Å²) in [6.45, 7) is 2.93. The Kier molecular flexibility index (Phi) is 7.51. The molecule has 0 amide bonds. The first-order chi connectivity index (χ1) is 17.9. The molecule has 2 aliphatic rings. The summed E-state index contributed by atoms with van der Waals surface area (Å²) in [6, 6.07) is 11.0. The van der Waals surface area contributed by atoms with Gasteiger partial charge in [0.25, 0.3) is 5.69 Å². The topological polar surface area (TPSA) is 136 Å². The molecule has 0 aliphatic carbocycles. The van der Waals surface area contributed by atoms with Gasteiger partial charge in [0, 0.05) is 47.8 Å². The predicted molar refractivity (Wildman–Crippen MR) is 138 cm³/mol. The van der Waals surface area contributed by atoms with Crippen LogP contribution in [-0.2, 0) is 9.53 Å². The highest BCUT2D eigenvalue weighted by Crippen LogP contribution is 2.37. The van der Waals surface area contributed by atoms with Crippen LogP contribution in [0.2, 0.25) is 5.02 Å². The minimum Gasteiger partial charge on any atom is -0.481 e. The lowest BCUT2D eigenvalue weighted by atomic mass is 9.99. The van der Waals surface area contributed by atoms with Crippen LogP contribution in [0.15, 0.2) is 52.6 Å². The number of nitro benzene ring substituents is 1. The summed E-state index contributed by atoms with van der Waals surface area (Å²) in [5.74, 6) is 0.171. The van der Waals surface area contributed by atoms with Gasteiger partial charge in [-0.2, -0.15) is 0 Å². The molecule has 192 valence electrons. The number of fused-ring (bicyclic) bond motifs is 3. The van der Waals surface area contributed by atoms with Crippen molar-refractivity contribution in [3.8, 4) is 5.69 Å². The van der Waals surface area contributed by atoms with Crippen molar-refractivity contribution >= 4 is 40.7 Å². The third kappa shape index (κ3) is 5.37. The first-order valence-corrected chi connectivity index (χ1v) is 13.0. The maximum absolute atomic E-state index is 11.7. The summed E-state index contributed by atoms with van der Waals surface area (Å²) in [4.78, 5) is 29.8. The summed E-state index contributed by atoms with van der Waals surface area (Å²) < 4.78 is 7.27. The first kappa shape index (κ1) is 25.3. The van der Waals surface area contributed by atoms with Crippen LogP contribution in [0.4, 0.5) is 5.69 Å². The number of thioether (sulfide) groups is 1. The average Bonchev–Trinajstić information content (AvgIpc) is 3.26. The zero-order valence-corrected chi connectivity index (χ0v) is 21.2. The highest BCUT2D eigenvalue weighted by atomic mass is 35.5. The van der Waals surface area contributed by atoms with Crippen molar-refractivity contribution < 1.29 is 19.6 Å². The molecule has 0 spiro atoms. The van der Waals surface area contributed by atoms with Crippen LogP contribution in [0, 0.1) is 10.1 Å². The number of nitro groups is 1. The number of hydrogen-bond acceptors (Lipinski definition) is 9. The fraction of sp³-hybridized carbons (Fsp3) is 0.333. The van der Waals surface area contributed by atoms with Crippen LogP contribution >= 0.6 is 23.4 Å². The minimum atomic E-state index is -0.958. The Bertz CT molecular complexity index is 1370. The number of carboxylic acids is 1. The standard InChI is InChI=1S/C24H23ClN6O5S/c25-18-4-2-1-3-16(18)22-17-13-15(31(34)35)5-7-20(17)30-23(19(26-22)6-8-21(32)33)27-28-24(30)37-14-29-9-11-36-12-10-29/h1-5,7,13,19H,6,8-12,14H2,(H,32,33)/t19-/m0/s1. The lowest BCUT2D eigenvalue weighted by molar-refractivity contribution is -0.384. The van der Waals surface area contributed by atoms with E-state index in [9.17, 15) is 20.0 Å². The fourth-order valence-corrected chi connectivity index (χ4v) is 5.52. The van der Waals surface area contributed by atoms with Crippen LogP contribution in [0.25, 0.3) is 5.69 Å². The Balaban J connectivity index is 1.66. The summed E-state index contributed by atoms with van der Waals surface area (Å²) in [5, 5.41) is 30.9. The molecule has 0 bridgehead atoms. The predicted octanol–water partition coefficient (Wildman–Crippen LogP) is 3.97. The van der Waals surface area contributed by atoms with E-state index < -0.39 is 16.9 Å². The Morgan fingerprint density at radius 2 is 1.97 bits per heavy atom. The van der Waals surface area contributed by atoms with E-state index in [-0.39, 0.29) is 18.5 Å². The van der Waals surface area contributed by atoms with E-state index in [1.807, 2.05) is 10.6 Å². The zero-order valence-electron chi connectivity index (χ0n) is 19.6. The van der Waals surface area contributed by atoms with Crippen molar-refractivity contribution in [1.82, 2.24) is 19.7 Å². The minimum absolute atomic E-state index is 0.0976. The number of benzene rings is 2. The second-order valence-corrected chi connectivity index (χ2v) is 9.86. The van der Waals surface area contributed by atoms with E-state index in [2.05, 4.69) is 15.1 Å².